The van der Waals surface area contributed by atoms with E-state index < -0.39 is 41.1 Å². The molecule has 2 aromatic carbocycles. The first-order valence-corrected chi connectivity index (χ1v) is 7.13. The summed E-state index contributed by atoms with van der Waals surface area (Å²) in [6.45, 7) is 0. The Labute approximate surface area is 146 Å². The number of alkyl halides is 3. The van der Waals surface area contributed by atoms with Crippen molar-refractivity contribution in [2.45, 2.75) is 6.18 Å². The van der Waals surface area contributed by atoms with Gasteiger partial charge < -0.3 is 9.84 Å². The molecule has 3 aromatic rings. The lowest BCUT2D eigenvalue weighted by Gasteiger charge is -2.07. The molecule has 11 heteroatoms. The summed E-state index contributed by atoms with van der Waals surface area (Å²) < 4.78 is 81.1. The number of nitrogens with zero attached hydrogens (tertiary/aromatic N) is 2. The molecule has 0 spiro atoms. The van der Waals surface area contributed by atoms with Gasteiger partial charge in [-0.3, -0.25) is 4.79 Å². The summed E-state index contributed by atoms with van der Waals surface area (Å²) >= 11 is 0. The van der Waals surface area contributed by atoms with Crippen molar-refractivity contribution in [1.29, 1.82) is 0 Å². The second-order valence-corrected chi connectivity index (χ2v) is 5.18. The normalized spacial score (nSPS) is 11.5. The van der Waals surface area contributed by atoms with E-state index in [1.165, 1.54) is 24.3 Å². The molecule has 0 fully saturated rings. The third kappa shape index (κ3) is 3.76. The molecule has 0 aliphatic carbocycles. The Hall–Kier alpha value is -3.37. The number of halogens is 6. The second-order valence-electron chi connectivity index (χ2n) is 5.18. The van der Waals surface area contributed by atoms with Crippen LogP contribution in [0.2, 0.25) is 0 Å². The summed E-state index contributed by atoms with van der Waals surface area (Å²) in [5, 5.41) is 5.25. The number of benzene rings is 2. The molecule has 0 unspecified atom stereocenters. The van der Waals surface area contributed by atoms with Gasteiger partial charge in [0.05, 0.1) is 5.69 Å². The number of amides is 1. The van der Waals surface area contributed by atoms with Crippen LogP contribution in [0.3, 0.4) is 0 Å². The molecule has 0 bridgehead atoms. The predicted molar refractivity (Wildman–Crippen MR) is 79.0 cm³/mol. The average Bonchev–Trinajstić information content (AvgIpc) is 3.13. The monoisotopic (exact) mass is 387 g/mol. The number of carbonyl (C=O) groups is 1. The van der Waals surface area contributed by atoms with Crippen LogP contribution in [0.1, 0.15) is 16.2 Å². The molecule has 27 heavy (non-hydrogen) atoms. The molecular weight excluding hydrogens is 380 g/mol. The van der Waals surface area contributed by atoms with Crippen LogP contribution in [0, 0.1) is 17.5 Å². The topological polar surface area (TPSA) is 68.0 Å². The van der Waals surface area contributed by atoms with Gasteiger partial charge in [-0.15, -0.1) is 0 Å². The van der Waals surface area contributed by atoms with E-state index in [4.69, 9.17) is 0 Å². The highest BCUT2D eigenvalue weighted by atomic mass is 19.4. The SMILES string of the molecule is O=C(Nc1ccc(F)c(F)c1F)c1ccc(-c2noc(C(F)(F)F)n2)cc1. The minimum atomic E-state index is -4.79. The highest BCUT2D eigenvalue weighted by Gasteiger charge is 2.38. The first kappa shape index (κ1) is 18.4. The Kier molecular flexibility index (Phi) is 4.60. The van der Waals surface area contributed by atoms with Crippen LogP contribution in [-0.4, -0.2) is 16.0 Å². The molecule has 0 atom stereocenters. The van der Waals surface area contributed by atoms with Gasteiger partial charge >= 0.3 is 12.1 Å². The third-order valence-corrected chi connectivity index (χ3v) is 3.36. The molecule has 0 aliphatic heterocycles. The molecular formula is C16H7F6N3O2. The fraction of sp³-hybridized carbons (Fsp3) is 0.0625. The van der Waals surface area contributed by atoms with Crippen molar-refractivity contribution in [2.75, 3.05) is 5.32 Å². The van der Waals surface area contributed by atoms with Crippen LogP contribution < -0.4 is 5.32 Å². The maximum atomic E-state index is 13.6. The Morgan fingerprint density at radius 2 is 1.63 bits per heavy atom. The smallest absolute Gasteiger partial charge is 0.329 e. The Morgan fingerprint density at radius 1 is 0.963 bits per heavy atom. The predicted octanol–water partition coefficient (Wildman–Crippen LogP) is 4.43. The summed E-state index contributed by atoms with van der Waals surface area (Å²) in [7, 11) is 0. The Balaban J connectivity index is 1.78. The largest absolute Gasteiger partial charge is 0.471 e. The maximum Gasteiger partial charge on any atom is 0.471 e. The summed E-state index contributed by atoms with van der Waals surface area (Å²) in [6.07, 6.45) is -4.79. The van der Waals surface area contributed by atoms with Crippen LogP contribution in [-0.2, 0) is 6.18 Å². The summed E-state index contributed by atoms with van der Waals surface area (Å²) in [4.78, 5) is 15.2. The maximum absolute atomic E-state index is 13.6. The van der Waals surface area contributed by atoms with Crippen molar-refractivity contribution in [3.8, 4) is 11.4 Å². The van der Waals surface area contributed by atoms with Crippen LogP contribution in [0.4, 0.5) is 32.0 Å². The highest BCUT2D eigenvalue weighted by molar-refractivity contribution is 6.04. The molecule has 0 saturated carbocycles. The molecule has 0 aliphatic rings. The quantitative estimate of drug-likeness (QED) is 0.534. The zero-order valence-electron chi connectivity index (χ0n) is 12.9. The molecule has 1 N–H and O–H groups in total. The van der Waals surface area contributed by atoms with Gasteiger partial charge in [0.1, 0.15) is 0 Å². The second kappa shape index (κ2) is 6.74. The van der Waals surface area contributed by atoms with Gasteiger partial charge in [0.15, 0.2) is 17.5 Å². The molecule has 0 saturated heterocycles. The molecule has 0 radical (unpaired) electrons. The fourth-order valence-corrected chi connectivity index (χ4v) is 2.04. The lowest BCUT2D eigenvalue weighted by molar-refractivity contribution is -0.159. The Morgan fingerprint density at radius 3 is 2.22 bits per heavy atom. The first-order valence-electron chi connectivity index (χ1n) is 7.13. The number of hydrogen-bond donors (Lipinski definition) is 1. The van der Waals surface area contributed by atoms with Crippen LogP contribution in [0.25, 0.3) is 11.4 Å². The Bertz CT molecular complexity index is 998. The lowest BCUT2D eigenvalue weighted by Crippen LogP contribution is -2.13. The van der Waals surface area contributed by atoms with E-state index >= 15 is 0 Å². The number of aromatic nitrogens is 2. The van der Waals surface area contributed by atoms with Crippen molar-refractivity contribution >= 4 is 11.6 Å². The summed E-state index contributed by atoms with van der Waals surface area (Å²) in [6, 6.07) is 6.37. The standard InChI is InChI=1S/C16H7F6N3O2/c17-9-5-6-10(12(19)11(9)18)23-14(26)8-3-1-7(2-4-8)13-24-15(27-25-13)16(20,21)22/h1-6H,(H,23,26). The number of anilines is 1. The zero-order valence-corrected chi connectivity index (χ0v) is 12.9. The van der Waals surface area contributed by atoms with Gasteiger partial charge in [-0.05, 0) is 24.3 Å². The first-order chi connectivity index (χ1) is 12.7. The molecule has 1 heterocycles. The average molecular weight is 387 g/mol. The van der Waals surface area contributed by atoms with E-state index in [1.54, 1.807) is 0 Å². The zero-order chi connectivity index (χ0) is 19.8. The van der Waals surface area contributed by atoms with Crippen molar-refractivity contribution in [3.05, 3.63) is 65.3 Å². The van der Waals surface area contributed by atoms with Crippen molar-refractivity contribution < 1.29 is 35.7 Å². The van der Waals surface area contributed by atoms with Crippen LogP contribution in [0.5, 0.6) is 0 Å². The molecule has 1 amide bonds. The van der Waals surface area contributed by atoms with Gasteiger partial charge in [-0.2, -0.15) is 18.2 Å². The van der Waals surface area contributed by atoms with Gasteiger partial charge in [0, 0.05) is 11.1 Å². The van der Waals surface area contributed by atoms with E-state index in [0.29, 0.717) is 6.07 Å². The number of hydrogen-bond acceptors (Lipinski definition) is 4. The van der Waals surface area contributed by atoms with E-state index in [2.05, 4.69) is 20.0 Å². The molecule has 1 aromatic heterocycles. The lowest BCUT2D eigenvalue weighted by atomic mass is 10.1. The van der Waals surface area contributed by atoms with Gasteiger partial charge in [0.2, 0.25) is 5.82 Å². The van der Waals surface area contributed by atoms with Crippen LogP contribution in [0.15, 0.2) is 40.9 Å². The summed E-state index contributed by atoms with van der Waals surface area (Å²) in [5.74, 6) is -7.43. The van der Waals surface area contributed by atoms with Gasteiger partial charge in [-0.25, -0.2) is 13.2 Å². The summed E-state index contributed by atoms with van der Waals surface area (Å²) in [5.41, 5.74) is -0.469. The number of rotatable bonds is 3. The van der Waals surface area contributed by atoms with Crippen molar-refractivity contribution in [2.24, 2.45) is 0 Å². The molecule has 140 valence electrons. The van der Waals surface area contributed by atoms with Gasteiger partial charge in [-0.1, -0.05) is 17.3 Å². The van der Waals surface area contributed by atoms with Crippen molar-refractivity contribution in [3.63, 3.8) is 0 Å². The fourth-order valence-electron chi connectivity index (χ4n) is 2.04. The minimum Gasteiger partial charge on any atom is -0.329 e. The van der Waals surface area contributed by atoms with E-state index in [0.717, 1.165) is 6.07 Å². The van der Waals surface area contributed by atoms with E-state index in [1.807, 2.05) is 0 Å². The number of nitrogens with one attached hydrogen (secondary N) is 1. The number of carbonyl (C=O) groups excluding carboxylic acids is 1. The minimum absolute atomic E-state index is 0.0255. The van der Waals surface area contributed by atoms with E-state index in [-0.39, 0.29) is 17.0 Å². The molecule has 5 nitrogen and oxygen atoms in total. The highest BCUT2D eigenvalue weighted by Crippen LogP contribution is 2.29. The van der Waals surface area contributed by atoms with Gasteiger partial charge in [0.25, 0.3) is 5.91 Å². The van der Waals surface area contributed by atoms with Crippen LogP contribution >= 0.6 is 0 Å². The van der Waals surface area contributed by atoms with Crippen molar-refractivity contribution in [1.82, 2.24) is 10.1 Å². The molecule has 3 rings (SSSR count). The van der Waals surface area contributed by atoms with E-state index in [9.17, 15) is 31.1 Å². The third-order valence-electron chi connectivity index (χ3n) is 3.36.